The summed E-state index contributed by atoms with van der Waals surface area (Å²) in [7, 11) is 0. The Morgan fingerprint density at radius 3 is 2.50 bits per heavy atom. The van der Waals surface area contributed by atoms with Crippen molar-refractivity contribution in [2.45, 2.75) is 0 Å². The van der Waals surface area contributed by atoms with Crippen LogP contribution in [0, 0.1) is 5.21 Å². The maximum absolute atomic E-state index is 9.53. The standard InChI is InChI=1S/C3H7NO2/c1-2-3-4(5)6/h2,4-5H,1,3H2. The van der Waals surface area contributed by atoms with Gasteiger partial charge in [-0.1, -0.05) is 6.58 Å². The second kappa shape index (κ2) is 2.84. The first-order valence-electron chi connectivity index (χ1n) is 1.60. The molecule has 0 saturated heterocycles. The summed E-state index contributed by atoms with van der Waals surface area (Å²) in [6.45, 7) is 3.28. The van der Waals surface area contributed by atoms with Gasteiger partial charge in [0.25, 0.3) is 0 Å². The summed E-state index contributed by atoms with van der Waals surface area (Å²) in [6, 6.07) is 0. The number of hydrogen-bond acceptors (Lipinski definition) is 2. The molecule has 0 saturated carbocycles. The van der Waals surface area contributed by atoms with Crippen LogP contribution in [0.3, 0.4) is 0 Å². The van der Waals surface area contributed by atoms with Crippen LogP contribution in [-0.4, -0.2) is 11.8 Å². The first-order chi connectivity index (χ1) is 2.77. The maximum atomic E-state index is 9.53. The van der Waals surface area contributed by atoms with Gasteiger partial charge in [0.15, 0.2) is 0 Å². The molecule has 1 unspecified atom stereocenters. The topological polar surface area (TPSA) is 47.7 Å². The van der Waals surface area contributed by atoms with Crippen LogP contribution >= 0.6 is 0 Å². The molecule has 0 amide bonds. The third-order valence-electron chi connectivity index (χ3n) is 0.319. The minimum atomic E-state index is -0.829. The zero-order valence-corrected chi connectivity index (χ0v) is 3.35. The predicted octanol–water partition coefficient (Wildman–Crippen LogP) is -1.06. The van der Waals surface area contributed by atoms with Gasteiger partial charge in [0.05, 0.1) is 0 Å². The van der Waals surface area contributed by atoms with Gasteiger partial charge in [-0.2, -0.15) is 0 Å². The van der Waals surface area contributed by atoms with Crippen molar-refractivity contribution in [1.82, 2.24) is 0 Å². The molecule has 0 aliphatic rings. The van der Waals surface area contributed by atoms with E-state index in [1.165, 1.54) is 6.08 Å². The summed E-state index contributed by atoms with van der Waals surface area (Å²) in [5.74, 6) is 0. The molecule has 1 atom stereocenters. The highest BCUT2D eigenvalue weighted by atomic mass is 16.8. The lowest BCUT2D eigenvalue weighted by molar-refractivity contribution is -1.04. The van der Waals surface area contributed by atoms with E-state index in [0.717, 1.165) is 0 Å². The van der Waals surface area contributed by atoms with Gasteiger partial charge in [-0.3, -0.25) is 0 Å². The van der Waals surface area contributed by atoms with Crippen molar-refractivity contribution in [2.75, 3.05) is 6.54 Å². The zero-order chi connectivity index (χ0) is 4.99. The number of nitrogens with one attached hydrogen (secondary N) is 1. The zero-order valence-electron chi connectivity index (χ0n) is 3.35. The van der Waals surface area contributed by atoms with Gasteiger partial charge >= 0.3 is 0 Å². The Morgan fingerprint density at radius 1 is 2.00 bits per heavy atom. The fraction of sp³-hybridized carbons (Fsp3) is 0.333. The Kier molecular flexibility index (Phi) is 2.66. The molecule has 0 heterocycles. The van der Waals surface area contributed by atoms with Crippen molar-refractivity contribution >= 4 is 0 Å². The van der Waals surface area contributed by atoms with Crippen molar-refractivity contribution in [3.8, 4) is 0 Å². The van der Waals surface area contributed by atoms with Gasteiger partial charge in [-0.05, 0) is 6.08 Å². The monoisotopic (exact) mass is 89.0 g/mol. The highest BCUT2D eigenvalue weighted by Gasteiger charge is 1.75. The number of rotatable bonds is 2. The summed E-state index contributed by atoms with van der Waals surface area (Å²) < 4.78 is 0. The van der Waals surface area contributed by atoms with Gasteiger partial charge in [0.2, 0.25) is 0 Å². The lowest BCUT2D eigenvalue weighted by Crippen LogP contribution is -3.04. The van der Waals surface area contributed by atoms with Gasteiger partial charge in [0, 0.05) is 0 Å². The molecule has 0 spiro atoms. The second-order valence-electron chi connectivity index (χ2n) is 0.887. The summed E-state index contributed by atoms with van der Waals surface area (Å²) in [6.07, 6.45) is 1.35. The van der Waals surface area contributed by atoms with E-state index in [2.05, 4.69) is 6.58 Å². The lowest BCUT2D eigenvalue weighted by atomic mass is 10.7. The summed E-state index contributed by atoms with van der Waals surface area (Å²) >= 11 is 0. The molecule has 3 heteroatoms. The summed E-state index contributed by atoms with van der Waals surface area (Å²) in [5, 5.41) is 16.5. The van der Waals surface area contributed by atoms with Crippen LogP contribution in [0.5, 0.6) is 0 Å². The SMILES string of the molecule is C=CC[NH+]([O-])O. The number of hydroxylamine groups is 2. The molecular weight excluding hydrogens is 82.0 g/mol. The lowest BCUT2D eigenvalue weighted by Gasteiger charge is -2.06. The van der Waals surface area contributed by atoms with E-state index in [9.17, 15) is 5.21 Å². The molecule has 0 aliphatic heterocycles. The van der Waals surface area contributed by atoms with E-state index >= 15 is 0 Å². The quantitative estimate of drug-likeness (QED) is 0.335. The predicted molar refractivity (Wildman–Crippen MR) is 21.2 cm³/mol. The Balaban J connectivity index is 2.81. The number of hydrogen-bond donors (Lipinski definition) is 2. The molecule has 0 bridgehead atoms. The van der Waals surface area contributed by atoms with Crippen molar-refractivity contribution in [2.24, 2.45) is 0 Å². The molecule has 36 valence electrons. The van der Waals surface area contributed by atoms with E-state index in [1.807, 2.05) is 0 Å². The smallest absolute Gasteiger partial charge is 0.125 e. The molecule has 3 nitrogen and oxygen atoms in total. The fourth-order valence-electron chi connectivity index (χ4n) is 0.123. The molecule has 6 heavy (non-hydrogen) atoms. The molecule has 0 aromatic heterocycles. The van der Waals surface area contributed by atoms with E-state index in [-0.39, 0.29) is 6.54 Å². The van der Waals surface area contributed by atoms with Gasteiger partial charge in [-0.25, -0.2) is 10.4 Å². The Hall–Kier alpha value is -0.380. The fourth-order valence-corrected chi connectivity index (χ4v) is 0.123. The van der Waals surface area contributed by atoms with Crippen LogP contribution in [-0.2, 0) is 0 Å². The van der Waals surface area contributed by atoms with Crippen molar-refractivity contribution in [3.05, 3.63) is 17.9 Å². The van der Waals surface area contributed by atoms with Crippen LogP contribution in [0.4, 0.5) is 0 Å². The number of quaternary nitrogens is 1. The van der Waals surface area contributed by atoms with Crippen molar-refractivity contribution < 1.29 is 10.4 Å². The minimum absolute atomic E-state index is 0.0556. The third-order valence-corrected chi connectivity index (χ3v) is 0.319. The van der Waals surface area contributed by atoms with E-state index in [1.54, 1.807) is 0 Å². The van der Waals surface area contributed by atoms with E-state index in [0.29, 0.717) is 0 Å². The molecule has 0 aromatic carbocycles. The minimum Gasteiger partial charge on any atom is -0.600 e. The Labute approximate surface area is 36.0 Å². The largest absolute Gasteiger partial charge is 0.600 e. The van der Waals surface area contributed by atoms with E-state index in [4.69, 9.17) is 5.21 Å². The van der Waals surface area contributed by atoms with Gasteiger partial charge < -0.3 is 5.21 Å². The molecule has 0 rings (SSSR count). The van der Waals surface area contributed by atoms with Crippen molar-refractivity contribution in [3.63, 3.8) is 0 Å². The molecule has 0 radical (unpaired) electrons. The van der Waals surface area contributed by atoms with Crippen LogP contribution in [0.1, 0.15) is 0 Å². The Bertz CT molecular complexity index is 44.1. The average Bonchev–Trinajstić information content (AvgIpc) is 1.35. The molecule has 0 aromatic rings. The molecule has 0 fully saturated rings. The second-order valence-corrected chi connectivity index (χ2v) is 0.887. The molecular formula is C3H7NO2. The normalized spacial score (nSPS) is 13.7. The Morgan fingerprint density at radius 2 is 2.50 bits per heavy atom. The van der Waals surface area contributed by atoms with Crippen LogP contribution in [0.2, 0.25) is 0 Å². The molecule has 0 aliphatic carbocycles. The summed E-state index contributed by atoms with van der Waals surface area (Å²) in [4.78, 5) is 0. The average molecular weight is 89.1 g/mol. The van der Waals surface area contributed by atoms with Gasteiger partial charge in [-0.15, -0.1) is 0 Å². The first kappa shape index (κ1) is 5.62. The maximum Gasteiger partial charge on any atom is 0.125 e. The van der Waals surface area contributed by atoms with Crippen LogP contribution in [0.15, 0.2) is 12.7 Å². The molecule has 2 N–H and O–H groups in total. The van der Waals surface area contributed by atoms with Gasteiger partial charge in [0.1, 0.15) is 6.54 Å². The third kappa shape index (κ3) is 3.62. The highest BCUT2D eigenvalue weighted by molar-refractivity contribution is 4.61. The van der Waals surface area contributed by atoms with Crippen LogP contribution in [0.25, 0.3) is 0 Å². The van der Waals surface area contributed by atoms with E-state index < -0.39 is 5.23 Å². The summed E-state index contributed by atoms with van der Waals surface area (Å²) in [5.41, 5.74) is 0. The van der Waals surface area contributed by atoms with Crippen molar-refractivity contribution in [1.29, 1.82) is 0 Å². The first-order valence-corrected chi connectivity index (χ1v) is 1.60. The highest BCUT2D eigenvalue weighted by Crippen LogP contribution is 1.43. The van der Waals surface area contributed by atoms with Crippen LogP contribution < -0.4 is 5.23 Å².